The molecule has 131 heavy (non-hydrogen) atoms. The van der Waals surface area contributed by atoms with Crippen LogP contribution in [0.1, 0.15) is 35.1 Å². The van der Waals surface area contributed by atoms with E-state index in [0.717, 1.165) is 98.7 Å². The van der Waals surface area contributed by atoms with Crippen LogP contribution in [0, 0.1) is 5.82 Å². The zero-order chi connectivity index (χ0) is 97.4. The highest BCUT2D eigenvalue weighted by atomic mass is 35.5. The Kier molecular flexibility index (Phi) is 44.8. The molecule has 3 aliphatic rings. The van der Waals surface area contributed by atoms with Crippen LogP contribution in [0.15, 0.2) is 357 Å². The van der Waals surface area contributed by atoms with Gasteiger partial charge in [-0.05, 0) is 213 Å². The van der Waals surface area contributed by atoms with Crippen molar-refractivity contribution < 1.29 is 126 Å². The van der Waals surface area contributed by atoms with Gasteiger partial charge in [-0.3, -0.25) is 25.8 Å². The lowest BCUT2D eigenvalue weighted by molar-refractivity contribution is -0.193. The highest BCUT2D eigenvalue weighted by Crippen LogP contribution is 2.37. The molecule has 0 unspecified atom stereocenters. The number of anilines is 6. The monoisotopic (exact) mass is 1930 g/mol. The third-order valence-electron chi connectivity index (χ3n) is 18.1. The number of sulfonamides is 6. The molecule has 0 radical (unpaired) electrons. The quantitative estimate of drug-likeness (QED) is 0.0860. The van der Waals surface area contributed by atoms with Crippen molar-refractivity contribution in [3.8, 4) is 0 Å². The van der Waals surface area contributed by atoms with E-state index in [4.69, 9.17) is 69.1 Å². The van der Waals surface area contributed by atoms with Crippen LogP contribution in [0.25, 0.3) is 0 Å². The molecule has 0 atom stereocenters. The topological polar surface area (TPSA) is 429 Å². The standard InChI is InChI=1S/2C15H15NO2S.C14H12F3NO2S.C14H13NO2S.C13H12ClNO2S.C13H12FNO2S.6CO2/c2*17-19(18,14-9-2-1-3-10-14)16-12-6-8-13-7-4-5-11-15(13)16;1-18(21(19,20)13-5-3-2-4-6-13)12-9-7-11(8-10-12)14(15,16)17;16-18(17,13-7-2-1-3-8-13)15-11-10-12-6-4-5-9-14(12)15;2*1-15(12-9-7-11(14)8-10-12)18(16,17)13-5-3-2-4-6-13;6*2-1-3/h2*1-5,7,9-11H,6,8,12H2;2-10H,1H3;1-9H,10-11H2;2*2-10H,1H3;;;;;;. The van der Waals surface area contributed by atoms with E-state index >= 15 is 0 Å². The van der Waals surface area contributed by atoms with Gasteiger partial charge in [-0.2, -0.15) is 70.7 Å². The van der Waals surface area contributed by atoms with E-state index in [0.29, 0.717) is 50.7 Å². The van der Waals surface area contributed by atoms with Gasteiger partial charge < -0.3 is 0 Å². The molecule has 0 aliphatic carbocycles. The Hall–Kier alpha value is -14.6. The van der Waals surface area contributed by atoms with Crippen LogP contribution in [0.2, 0.25) is 5.02 Å². The Morgan fingerprint density at radius 3 is 0.733 bits per heavy atom. The molecule has 0 spiro atoms. The summed E-state index contributed by atoms with van der Waals surface area (Å²) in [5.74, 6) is -0.399. The molecule has 3 aliphatic heterocycles. The summed E-state index contributed by atoms with van der Waals surface area (Å²) in [5, 5.41) is 0.573. The maximum atomic E-state index is 12.8. The second-order valence-corrected chi connectivity index (χ2v) is 37.8. The van der Waals surface area contributed by atoms with Gasteiger partial charge >= 0.3 is 43.1 Å². The molecule has 30 nitrogen and oxygen atoms in total. The second-order valence-electron chi connectivity index (χ2n) is 25.9. The van der Waals surface area contributed by atoms with Gasteiger partial charge in [-0.25, -0.2) is 54.9 Å². The molecular weight excluding hydrogens is 1850 g/mol. The van der Waals surface area contributed by atoms with E-state index in [9.17, 15) is 68.1 Å². The number of para-hydroxylation sites is 3. The minimum atomic E-state index is -4.45. The van der Waals surface area contributed by atoms with Crippen molar-refractivity contribution in [1.82, 2.24) is 0 Å². The first kappa shape index (κ1) is 109. The summed E-state index contributed by atoms with van der Waals surface area (Å²) in [5.41, 5.74) is 6.07. The first-order chi connectivity index (χ1) is 62.3. The van der Waals surface area contributed by atoms with Crippen molar-refractivity contribution in [3.05, 3.63) is 361 Å². The van der Waals surface area contributed by atoms with E-state index < -0.39 is 77.7 Å². The fourth-order valence-electron chi connectivity index (χ4n) is 12.0. The van der Waals surface area contributed by atoms with Crippen molar-refractivity contribution in [2.24, 2.45) is 0 Å². The predicted molar refractivity (Wildman–Crippen MR) is 468 cm³/mol. The van der Waals surface area contributed by atoms with E-state index in [1.54, 1.807) is 164 Å². The Morgan fingerprint density at radius 1 is 0.275 bits per heavy atom. The number of halogens is 5. The maximum absolute atomic E-state index is 12.8. The van der Waals surface area contributed by atoms with Gasteiger partial charge in [0.25, 0.3) is 60.1 Å². The Labute approximate surface area is 758 Å². The van der Waals surface area contributed by atoms with Crippen LogP contribution < -0.4 is 25.8 Å². The summed E-state index contributed by atoms with van der Waals surface area (Å²) < 4.78 is 208. The van der Waals surface area contributed by atoms with E-state index in [1.165, 1.54) is 86.9 Å². The Morgan fingerprint density at radius 2 is 0.481 bits per heavy atom. The summed E-state index contributed by atoms with van der Waals surface area (Å²) >= 11 is 5.78. The average Bonchev–Trinajstić information content (AvgIpc) is 1.76. The van der Waals surface area contributed by atoms with Gasteiger partial charge in [0.05, 0.1) is 69.1 Å². The molecule has 3 heterocycles. The minimum Gasteiger partial charge on any atom is -0.269 e. The zero-order valence-corrected chi connectivity index (χ0v) is 74.8. The summed E-state index contributed by atoms with van der Waals surface area (Å²) in [4.78, 5) is 99.1. The lowest BCUT2D eigenvalue weighted by Gasteiger charge is -2.30. The van der Waals surface area contributed by atoms with Crippen molar-refractivity contribution in [2.75, 3.05) is 66.6 Å². The number of alkyl halides is 3. The predicted octanol–water partition coefficient (Wildman–Crippen LogP) is 13.9. The molecule has 0 aromatic heterocycles. The number of carbonyl (C=O) groups excluding carboxylic acids is 12. The van der Waals surface area contributed by atoms with Crippen LogP contribution in [0.4, 0.5) is 51.7 Å². The number of aryl methyl sites for hydroxylation is 2. The summed E-state index contributed by atoms with van der Waals surface area (Å²) in [6.45, 7) is 1.62. The summed E-state index contributed by atoms with van der Waals surface area (Å²) in [6.07, 6.45) is 1.44. The third-order valence-corrected chi connectivity index (χ3v) is 29.3. The highest BCUT2D eigenvalue weighted by molar-refractivity contribution is 7.94. The van der Waals surface area contributed by atoms with Crippen LogP contribution >= 0.6 is 11.6 Å². The number of hydrogen-bond acceptors (Lipinski definition) is 24. The number of hydrogen-bond donors (Lipinski definition) is 0. The first-order valence-electron chi connectivity index (χ1n) is 37.6. The molecule has 0 fully saturated rings. The highest BCUT2D eigenvalue weighted by Gasteiger charge is 2.34. The molecule has 15 rings (SSSR count). The molecule has 41 heteroatoms. The SMILES string of the molecule is CN(c1ccc(C(F)(F)F)cc1)S(=O)(=O)c1ccccc1.CN(c1ccc(Cl)cc1)S(=O)(=O)c1ccccc1.CN(c1ccc(F)cc1)S(=O)(=O)c1ccccc1.O=C=O.O=C=O.O=C=O.O=C=O.O=C=O.O=C=O.O=S(=O)(c1ccccc1)N1CCCc2ccccc21.O=S(=O)(c1ccccc1)N1CCCc2ccccc21.O=S(=O)(c1ccccc1)N1CCc2ccccc21. The summed E-state index contributed by atoms with van der Waals surface area (Å²) in [7, 11) is -16.9. The van der Waals surface area contributed by atoms with Gasteiger partial charge in [-0.15, -0.1) is 0 Å². The molecule has 12 aromatic carbocycles. The van der Waals surface area contributed by atoms with E-state index in [-0.39, 0.29) is 57.3 Å². The van der Waals surface area contributed by atoms with Crippen LogP contribution in [-0.4, -0.2) is 128 Å². The molecule has 0 saturated heterocycles. The van der Waals surface area contributed by atoms with Crippen molar-refractivity contribution >= 4 is 143 Å². The molecule has 0 saturated carbocycles. The Bertz CT molecular complexity index is 6240. The zero-order valence-electron chi connectivity index (χ0n) is 69.2. The lowest BCUT2D eigenvalue weighted by atomic mass is 10.0. The minimum absolute atomic E-state index is 0.0763. The molecule has 684 valence electrons. The van der Waals surface area contributed by atoms with Crippen molar-refractivity contribution in [2.45, 2.75) is 67.7 Å². The molecule has 0 bridgehead atoms. The van der Waals surface area contributed by atoms with Gasteiger partial charge in [0.2, 0.25) is 0 Å². The van der Waals surface area contributed by atoms with Gasteiger partial charge in [0.1, 0.15) is 5.82 Å². The fourth-order valence-corrected chi connectivity index (χ4v) is 20.5. The van der Waals surface area contributed by atoms with Gasteiger partial charge in [0, 0.05) is 45.8 Å². The largest absolute Gasteiger partial charge is 0.416 e. The van der Waals surface area contributed by atoms with E-state index in [1.807, 2.05) is 91.0 Å². The van der Waals surface area contributed by atoms with Gasteiger partial charge in [0.15, 0.2) is 0 Å². The van der Waals surface area contributed by atoms with Crippen LogP contribution in [-0.2, 0) is 143 Å². The molecule has 0 amide bonds. The number of benzene rings is 12. The lowest BCUT2D eigenvalue weighted by Crippen LogP contribution is -2.35. The molecular formula is C90H79ClF4N6O24S6. The fraction of sp³-hybridized carbons (Fsp3) is 0.133. The molecule has 12 aromatic rings. The van der Waals surface area contributed by atoms with E-state index in [2.05, 4.69) is 0 Å². The Balaban J connectivity index is 0.000000317. The third kappa shape index (κ3) is 32.0. The smallest absolute Gasteiger partial charge is 0.269 e. The van der Waals surface area contributed by atoms with Crippen molar-refractivity contribution in [3.63, 3.8) is 0 Å². The maximum Gasteiger partial charge on any atom is 0.416 e. The molecule has 0 N–H and O–H groups in total. The second kappa shape index (κ2) is 53.9. The number of nitrogens with zero attached hydrogens (tertiary/aromatic N) is 6. The normalized spacial score (nSPS) is 11.8. The van der Waals surface area contributed by atoms with Crippen LogP contribution in [0.3, 0.4) is 0 Å². The summed E-state index contributed by atoms with van der Waals surface area (Å²) in [6, 6.07) is 89.0. The van der Waals surface area contributed by atoms with Crippen LogP contribution in [0.5, 0.6) is 0 Å². The number of rotatable bonds is 15. The average molecular weight is 1930 g/mol. The first-order valence-corrected chi connectivity index (χ1v) is 46.6. The van der Waals surface area contributed by atoms with Gasteiger partial charge in [-0.1, -0.05) is 175 Å². The van der Waals surface area contributed by atoms with Crippen molar-refractivity contribution in [1.29, 1.82) is 0 Å². The number of fused-ring (bicyclic) bond motifs is 3.